The maximum Gasteiger partial charge on any atom is 0.146 e. The molecule has 0 spiro atoms. The summed E-state index contributed by atoms with van der Waals surface area (Å²) in [7, 11) is 0. The molecule has 1 rings (SSSR count). The fourth-order valence-corrected chi connectivity index (χ4v) is 0.688. The van der Waals surface area contributed by atoms with Crippen molar-refractivity contribution in [1.29, 1.82) is 5.26 Å². The standard InChI is InChI=1S/C6H4ClN3/c7-6-4(2-8)1-5(9)3-10-6/h1,3H,9H2. The normalized spacial score (nSPS) is 8.80. The van der Waals surface area contributed by atoms with Gasteiger partial charge in [0.05, 0.1) is 17.4 Å². The molecule has 1 aromatic heterocycles. The van der Waals surface area contributed by atoms with Crippen molar-refractivity contribution in [3.8, 4) is 6.07 Å². The molecule has 0 aromatic carbocycles. The van der Waals surface area contributed by atoms with Gasteiger partial charge in [-0.2, -0.15) is 5.26 Å². The van der Waals surface area contributed by atoms with Crippen LogP contribution in [0.15, 0.2) is 12.3 Å². The number of pyridine rings is 1. The van der Waals surface area contributed by atoms with Gasteiger partial charge in [0.25, 0.3) is 0 Å². The zero-order valence-corrected chi connectivity index (χ0v) is 5.76. The minimum Gasteiger partial charge on any atom is -0.397 e. The smallest absolute Gasteiger partial charge is 0.146 e. The Bertz CT molecular complexity index is 290. The van der Waals surface area contributed by atoms with E-state index in [1.165, 1.54) is 12.3 Å². The second-order valence-corrected chi connectivity index (χ2v) is 2.08. The van der Waals surface area contributed by atoms with Gasteiger partial charge in [0.1, 0.15) is 11.2 Å². The summed E-state index contributed by atoms with van der Waals surface area (Å²) in [6, 6.07) is 3.34. The van der Waals surface area contributed by atoms with Gasteiger partial charge >= 0.3 is 0 Å². The van der Waals surface area contributed by atoms with E-state index in [0.29, 0.717) is 11.3 Å². The predicted molar refractivity (Wildman–Crippen MR) is 38.4 cm³/mol. The fourth-order valence-electron chi connectivity index (χ4n) is 0.543. The number of hydrogen-bond acceptors (Lipinski definition) is 3. The van der Waals surface area contributed by atoms with Crippen LogP contribution in [0.1, 0.15) is 5.56 Å². The third kappa shape index (κ3) is 1.17. The molecule has 2 N–H and O–H groups in total. The van der Waals surface area contributed by atoms with Gasteiger partial charge in [-0.3, -0.25) is 0 Å². The van der Waals surface area contributed by atoms with Crippen LogP contribution >= 0.6 is 11.6 Å². The number of nitrogen functional groups attached to an aromatic ring is 1. The van der Waals surface area contributed by atoms with E-state index in [4.69, 9.17) is 22.6 Å². The molecule has 0 fully saturated rings. The van der Waals surface area contributed by atoms with Gasteiger partial charge in [-0.25, -0.2) is 4.98 Å². The van der Waals surface area contributed by atoms with Crippen LogP contribution in [-0.4, -0.2) is 4.98 Å². The van der Waals surface area contributed by atoms with Crippen molar-refractivity contribution in [1.82, 2.24) is 4.98 Å². The summed E-state index contributed by atoms with van der Waals surface area (Å²) >= 11 is 5.51. The average molecular weight is 154 g/mol. The quantitative estimate of drug-likeness (QED) is 0.570. The van der Waals surface area contributed by atoms with Gasteiger partial charge in [-0.15, -0.1) is 0 Å². The summed E-state index contributed by atoms with van der Waals surface area (Å²) < 4.78 is 0. The lowest BCUT2D eigenvalue weighted by atomic mass is 10.3. The lowest BCUT2D eigenvalue weighted by Crippen LogP contribution is -1.88. The summed E-state index contributed by atoms with van der Waals surface area (Å²) in [6.07, 6.45) is 1.41. The van der Waals surface area contributed by atoms with Gasteiger partial charge in [0.2, 0.25) is 0 Å². The molecular formula is C6H4ClN3. The number of nitrogens with two attached hydrogens (primary N) is 1. The first-order chi connectivity index (χ1) is 4.74. The number of hydrogen-bond donors (Lipinski definition) is 1. The molecule has 10 heavy (non-hydrogen) atoms. The van der Waals surface area contributed by atoms with E-state index in [9.17, 15) is 0 Å². The van der Waals surface area contributed by atoms with Crippen molar-refractivity contribution in [3.05, 3.63) is 23.0 Å². The Hall–Kier alpha value is -1.27. The van der Waals surface area contributed by atoms with E-state index in [0.717, 1.165) is 0 Å². The van der Waals surface area contributed by atoms with E-state index >= 15 is 0 Å². The van der Waals surface area contributed by atoms with Crippen molar-refractivity contribution < 1.29 is 0 Å². The Morgan fingerprint density at radius 3 is 2.90 bits per heavy atom. The first kappa shape index (κ1) is 6.84. The highest BCUT2D eigenvalue weighted by molar-refractivity contribution is 6.30. The summed E-state index contributed by atoms with van der Waals surface area (Å²) in [6.45, 7) is 0. The Kier molecular flexibility index (Phi) is 1.74. The monoisotopic (exact) mass is 153 g/mol. The summed E-state index contributed by atoms with van der Waals surface area (Å²) in [5.41, 5.74) is 6.08. The maximum absolute atomic E-state index is 8.41. The molecule has 0 aliphatic carbocycles. The van der Waals surface area contributed by atoms with Crippen LogP contribution in [-0.2, 0) is 0 Å². The molecular weight excluding hydrogens is 150 g/mol. The third-order valence-corrected chi connectivity index (χ3v) is 1.28. The predicted octanol–water partition coefficient (Wildman–Crippen LogP) is 1.19. The highest BCUT2D eigenvalue weighted by Gasteiger charge is 1.98. The Morgan fingerprint density at radius 1 is 1.70 bits per heavy atom. The minimum absolute atomic E-state index is 0.191. The second-order valence-electron chi connectivity index (χ2n) is 1.72. The summed E-state index contributed by atoms with van der Waals surface area (Å²) in [5, 5.41) is 8.60. The van der Waals surface area contributed by atoms with Crippen LogP contribution in [0.5, 0.6) is 0 Å². The van der Waals surface area contributed by atoms with Crippen LogP contribution in [0.25, 0.3) is 0 Å². The topological polar surface area (TPSA) is 62.7 Å². The Balaban J connectivity index is 3.25. The molecule has 3 nitrogen and oxygen atoms in total. The molecule has 50 valence electrons. The molecule has 0 unspecified atom stereocenters. The van der Waals surface area contributed by atoms with Gasteiger partial charge < -0.3 is 5.73 Å². The van der Waals surface area contributed by atoms with E-state index in [1.807, 2.05) is 6.07 Å². The SMILES string of the molecule is N#Cc1cc(N)cnc1Cl. The molecule has 0 atom stereocenters. The first-order valence-corrected chi connectivity index (χ1v) is 2.93. The van der Waals surface area contributed by atoms with Crippen molar-refractivity contribution in [3.63, 3.8) is 0 Å². The third-order valence-electron chi connectivity index (χ3n) is 0.981. The lowest BCUT2D eigenvalue weighted by Gasteiger charge is -1.93. The number of nitriles is 1. The minimum atomic E-state index is 0.191. The second kappa shape index (κ2) is 2.54. The Labute approximate surface area is 63.1 Å². The van der Waals surface area contributed by atoms with Crippen LogP contribution in [0.4, 0.5) is 5.69 Å². The number of anilines is 1. The Morgan fingerprint density at radius 2 is 2.40 bits per heavy atom. The molecule has 0 aliphatic rings. The molecule has 0 bridgehead atoms. The van der Waals surface area contributed by atoms with Gasteiger partial charge in [-0.1, -0.05) is 11.6 Å². The molecule has 0 aliphatic heterocycles. The van der Waals surface area contributed by atoms with Gasteiger partial charge in [-0.05, 0) is 6.07 Å². The highest BCUT2D eigenvalue weighted by Crippen LogP contribution is 2.13. The van der Waals surface area contributed by atoms with Gasteiger partial charge in [0.15, 0.2) is 0 Å². The molecule has 1 heterocycles. The highest BCUT2D eigenvalue weighted by atomic mass is 35.5. The van der Waals surface area contributed by atoms with E-state index in [1.54, 1.807) is 0 Å². The molecule has 0 saturated heterocycles. The summed E-state index contributed by atoms with van der Waals surface area (Å²) in [5.74, 6) is 0. The van der Waals surface area contributed by atoms with Crippen molar-refractivity contribution in [2.45, 2.75) is 0 Å². The maximum atomic E-state index is 8.41. The largest absolute Gasteiger partial charge is 0.397 e. The van der Waals surface area contributed by atoms with Gasteiger partial charge in [0, 0.05) is 0 Å². The average Bonchev–Trinajstić information content (AvgIpc) is 1.94. The number of aromatic nitrogens is 1. The molecule has 4 heteroatoms. The van der Waals surface area contributed by atoms with E-state index < -0.39 is 0 Å². The fraction of sp³-hybridized carbons (Fsp3) is 0. The number of halogens is 1. The van der Waals surface area contributed by atoms with Crippen LogP contribution in [0, 0.1) is 11.3 Å². The zero-order chi connectivity index (χ0) is 7.56. The van der Waals surface area contributed by atoms with Crippen LogP contribution in [0.3, 0.4) is 0 Å². The van der Waals surface area contributed by atoms with E-state index in [-0.39, 0.29) is 5.15 Å². The summed E-state index contributed by atoms with van der Waals surface area (Å²) in [4.78, 5) is 3.67. The van der Waals surface area contributed by atoms with E-state index in [2.05, 4.69) is 4.98 Å². The van der Waals surface area contributed by atoms with Crippen molar-refractivity contribution >= 4 is 17.3 Å². The number of rotatable bonds is 0. The van der Waals surface area contributed by atoms with Crippen molar-refractivity contribution in [2.24, 2.45) is 0 Å². The van der Waals surface area contributed by atoms with Crippen LogP contribution < -0.4 is 5.73 Å². The molecule has 1 aromatic rings. The zero-order valence-electron chi connectivity index (χ0n) is 5.00. The molecule has 0 amide bonds. The first-order valence-electron chi connectivity index (χ1n) is 2.55. The van der Waals surface area contributed by atoms with Crippen LogP contribution in [0.2, 0.25) is 5.15 Å². The molecule has 0 saturated carbocycles. The molecule has 0 radical (unpaired) electrons. The number of nitrogens with zero attached hydrogens (tertiary/aromatic N) is 2. The van der Waals surface area contributed by atoms with Crippen molar-refractivity contribution in [2.75, 3.05) is 5.73 Å². The lowest BCUT2D eigenvalue weighted by molar-refractivity contribution is 1.30.